The van der Waals surface area contributed by atoms with Crippen LogP contribution in [-0.2, 0) is 13.6 Å². The fraction of sp³-hybridized carbons (Fsp3) is 0.533. The highest BCUT2D eigenvalue weighted by molar-refractivity contribution is 7.99. The Balaban J connectivity index is 2.51. The number of rotatable bonds is 7. The smallest absolute Gasteiger partial charge is 0.309 e. The molecule has 2 aromatic heterocycles. The lowest BCUT2D eigenvalue weighted by atomic mass is 10.3. The number of aromatic amines is 1. The molecule has 0 saturated carbocycles. The Kier molecular flexibility index (Phi) is 6.12. The minimum atomic E-state index is -0.459. The van der Waals surface area contributed by atoms with Gasteiger partial charge in [0.25, 0.3) is 5.56 Å². The van der Waals surface area contributed by atoms with Gasteiger partial charge in [0.05, 0.1) is 0 Å². The van der Waals surface area contributed by atoms with Crippen molar-refractivity contribution in [3.8, 4) is 0 Å². The van der Waals surface area contributed by atoms with Crippen LogP contribution in [0.1, 0.15) is 33.1 Å². The Morgan fingerprint density at radius 2 is 2.13 bits per heavy atom. The van der Waals surface area contributed by atoms with Crippen LogP contribution >= 0.6 is 23.4 Å². The molecule has 0 spiro atoms. The summed E-state index contributed by atoms with van der Waals surface area (Å²) in [6.45, 7) is 4.39. The van der Waals surface area contributed by atoms with Gasteiger partial charge in [-0.1, -0.05) is 49.2 Å². The minimum absolute atomic E-state index is 0.400. The molecule has 0 bridgehead atoms. The Labute approximate surface area is 143 Å². The van der Waals surface area contributed by atoms with Crippen LogP contribution in [0, 0.1) is 0 Å². The monoisotopic (exact) mass is 356 g/mol. The second-order valence-electron chi connectivity index (χ2n) is 5.34. The number of halogens is 1. The fourth-order valence-corrected chi connectivity index (χ4v) is 3.30. The molecular weight excluding hydrogens is 336 g/mol. The first-order chi connectivity index (χ1) is 11.0. The molecule has 0 aliphatic carbocycles. The molecule has 6 nitrogen and oxygen atoms in total. The van der Waals surface area contributed by atoms with E-state index in [1.165, 1.54) is 4.57 Å². The van der Waals surface area contributed by atoms with E-state index in [2.05, 4.69) is 16.9 Å². The predicted molar refractivity (Wildman–Crippen MR) is 95.5 cm³/mol. The predicted octanol–water partition coefficient (Wildman–Crippen LogP) is 2.85. The summed E-state index contributed by atoms with van der Waals surface area (Å²) in [5.74, 6) is 0.923. The normalized spacial score (nSPS) is 12.3. The zero-order valence-electron chi connectivity index (χ0n) is 13.6. The van der Waals surface area contributed by atoms with Crippen molar-refractivity contribution < 1.29 is 0 Å². The summed E-state index contributed by atoms with van der Waals surface area (Å²) >= 11 is 7.52. The second kappa shape index (κ2) is 7.88. The number of allylic oxidation sites excluding steroid dienone is 2. The molecule has 23 heavy (non-hydrogen) atoms. The van der Waals surface area contributed by atoms with Crippen molar-refractivity contribution in [2.45, 2.75) is 44.8 Å². The quantitative estimate of drug-likeness (QED) is 0.611. The lowest BCUT2D eigenvalue weighted by Crippen LogP contribution is -2.29. The highest BCUT2D eigenvalue weighted by atomic mass is 35.5. The number of hydrogen-bond donors (Lipinski definition) is 1. The van der Waals surface area contributed by atoms with Crippen LogP contribution in [0.3, 0.4) is 0 Å². The number of thioether (sulfide) groups is 1. The summed E-state index contributed by atoms with van der Waals surface area (Å²) in [6.07, 6.45) is 5.22. The largest absolute Gasteiger partial charge is 0.329 e. The number of unbranched alkanes of at least 4 members (excludes halogenated alkanes) is 2. The Morgan fingerprint density at radius 3 is 2.78 bits per heavy atom. The van der Waals surface area contributed by atoms with Crippen LogP contribution in [0.25, 0.3) is 11.2 Å². The number of hydrogen-bond acceptors (Lipinski definition) is 4. The van der Waals surface area contributed by atoms with E-state index in [0.29, 0.717) is 22.7 Å². The van der Waals surface area contributed by atoms with Gasteiger partial charge < -0.3 is 4.57 Å². The van der Waals surface area contributed by atoms with E-state index >= 15 is 0 Å². The van der Waals surface area contributed by atoms with Gasteiger partial charge in [0, 0.05) is 24.4 Å². The van der Waals surface area contributed by atoms with Gasteiger partial charge in [-0.25, -0.2) is 9.78 Å². The zero-order valence-corrected chi connectivity index (χ0v) is 15.1. The molecule has 0 aliphatic heterocycles. The van der Waals surface area contributed by atoms with Gasteiger partial charge in [-0.15, -0.1) is 0 Å². The van der Waals surface area contributed by atoms with Gasteiger partial charge in [-0.3, -0.25) is 14.3 Å². The van der Waals surface area contributed by atoms with E-state index in [1.54, 1.807) is 25.7 Å². The molecule has 2 aromatic rings. The van der Waals surface area contributed by atoms with Crippen LogP contribution in [0.5, 0.6) is 0 Å². The van der Waals surface area contributed by atoms with Crippen molar-refractivity contribution in [1.29, 1.82) is 0 Å². The molecule has 126 valence electrons. The summed E-state index contributed by atoms with van der Waals surface area (Å²) in [7, 11) is 1.60. The molecule has 8 heteroatoms. The minimum Gasteiger partial charge on any atom is -0.309 e. The maximum atomic E-state index is 12.2. The number of aromatic nitrogens is 4. The number of nitrogens with one attached hydrogen (secondary N) is 1. The molecule has 0 fully saturated rings. The maximum absolute atomic E-state index is 12.2. The lowest BCUT2D eigenvalue weighted by Gasteiger charge is -2.05. The third kappa shape index (κ3) is 4.09. The zero-order chi connectivity index (χ0) is 17.0. The molecule has 0 unspecified atom stereocenters. The van der Waals surface area contributed by atoms with Gasteiger partial charge in [0.15, 0.2) is 16.3 Å². The molecule has 1 N–H and O–H groups in total. The number of imidazole rings is 1. The van der Waals surface area contributed by atoms with Gasteiger partial charge >= 0.3 is 5.69 Å². The van der Waals surface area contributed by atoms with Crippen LogP contribution in [0.4, 0.5) is 0 Å². The molecule has 0 atom stereocenters. The van der Waals surface area contributed by atoms with E-state index in [0.717, 1.165) is 30.2 Å². The molecular formula is C15H21ClN4O2S. The summed E-state index contributed by atoms with van der Waals surface area (Å²) in [6, 6.07) is 0. The van der Waals surface area contributed by atoms with Crippen LogP contribution in [0.2, 0.25) is 0 Å². The van der Waals surface area contributed by atoms with Gasteiger partial charge in [-0.2, -0.15) is 0 Å². The maximum Gasteiger partial charge on any atom is 0.329 e. The summed E-state index contributed by atoms with van der Waals surface area (Å²) < 4.78 is 3.18. The lowest BCUT2D eigenvalue weighted by molar-refractivity contribution is 0.737. The van der Waals surface area contributed by atoms with E-state index in [9.17, 15) is 9.59 Å². The topological polar surface area (TPSA) is 72.7 Å². The van der Waals surface area contributed by atoms with E-state index < -0.39 is 11.2 Å². The average molecular weight is 357 g/mol. The third-order valence-corrected chi connectivity index (χ3v) is 4.72. The Hall–Kier alpha value is -1.47. The third-order valence-electron chi connectivity index (χ3n) is 3.51. The molecule has 0 amide bonds. The summed E-state index contributed by atoms with van der Waals surface area (Å²) in [5, 5.41) is 1.38. The first-order valence-corrected chi connectivity index (χ1v) is 8.96. The van der Waals surface area contributed by atoms with Gasteiger partial charge in [-0.05, 0) is 13.3 Å². The molecule has 2 heterocycles. The first-order valence-electron chi connectivity index (χ1n) is 7.60. The Bertz CT molecular complexity index is 830. The van der Waals surface area contributed by atoms with Crippen LogP contribution in [-0.4, -0.2) is 24.9 Å². The van der Waals surface area contributed by atoms with Gasteiger partial charge in [0.1, 0.15) is 0 Å². The summed E-state index contributed by atoms with van der Waals surface area (Å²) in [4.78, 5) is 30.8. The SMILES string of the molecule is CCCCCSc1nc2c(c(=O)[nH]c(=O)n2C)n1C/C=C(/C)Cl. The van der Waals surface area contributed by atoms with Crippen molar-refractivity contribution in [1.82, 2.24) is 19.1 Å². The second-order valence-corrected chi connectivity index (χ2v) is 7.00. The van der Waals surface area contributed by atoms with Crippen molar-refractivity contribution in [2.75, 3.05) is 5.75 Å². The van der Waals surface area contributed by atoms with Crippen molar-refractivity contribution in [3.63, 3.8) is 0 Å². The van der Waals surface area contributed by atoms with E-state index in [-0.39, 0.29) is 0 Å². The van der Waals surface area contributed by atoms with Crippen LogP contribution in [0.15, 0.2) is 25.9 Å². The summed E-state index contributed by atoms with van der Waals surface area (Å²) in [5.41, 5.74) is -0.0768. The first kappa shape index (κ1) is 17.9. The molecule has 2 rings (SSSR count). The number of fused-ring (bicyclic) bond motifs is 1. The standard InChI is InChI=1S/C15H21ClN4O2S/c1-4-5-6-9-23-15-17-12-11(20(15)8-7-10(2)16)13(21)18-14(22)19(12)3/h7H,4-6,8-9H2,1-3H3,(H,18,21,22)/b10-7-. The fourth-order valence-electron chi connectivity index (χ4n) is 2.23. The van der Waals surface area contributed by atoms with Gasteiger partial charge in [0.2, 0.25) is 0 Å². The molecule has 0 aliphatic rings. The van der Waals surface area contributed by atoms with Crippen LogP contribution < -0.4 is 11.2 Å². The highest BCUT2D eigenvalue weighted by Gasteiger charge is 2.16. The van der Waals surface area contributed by atoms with E-state index in [1.807, 2.05) is 10.6 Å². The van der Waals surface area contributed by atoms with Crippen molar-refractivity contribution in [3.05, 3.63) is 31.9 Å². The van der Waals surface area contributed by atoms with Crippen molar-refractivity contribution in [2.24, 2.45) is 7.05 Å². The van der Waals surface area contributed by atoms with Crippen molar-refractivity contribution >= 4 is 34.5 Å². The molecule has 0 saturated heterocycles. The highest BCUT2D eigenvalue weighted by Crippen LogP contribution is 2.23. The number of aryl methyl sites for hydroxylation is 1. The number of nitrogens with zero attached hydrogens (tertiary/aromatic N) is 3. The molecule has 0 aromatic carbocycles. The Morgan fingerprint density at radius 1 is 1.39 bits per heavy atom. The van der Waals surface area contributed by atoms with E-state index in [4.69, 9.17) is 11.6 Å². The molecule has 0 radical (unpaired) electrons. The average Bonchev–Trinajstić information content (AvgIpc) is 2.86. The number of H-pyrrole nitrogens is 1.